The summed E-state index contributed by atoms with van der Waals surface area (Å²) in [6.45, 7) is 8.41. The van der Waals surface area contributed by atoms with Crippen molar-refractivity contribution >= 4 is 0 Å². The van der Waals surface area contributed by atoms with Gasteiger partial charge in [-0.15, -0.1) is 0 Å². The molecule has 0 aromatic heterocycles. The Kier molecular flexibility index (Phi) is 4.59. The molecule has 134 valence electrons. The molecule has 0 saturated heterocycles. The van der Waals surface area contributed by atoms with Crippen molar-refractivity contribution in [3.05, 3.63) is 23.3 Å². The van der Waals surface area contributed by atoms with E-state index < -0.39 is 5.60 Å². The molecule has 1 aliphatic heterocycles. The number of aromatic hydroxyl groups is 1. The fourth-order valence-electron chi connectivity index (χ4n) is 4.73. The van der Waals surface area contributed by atoms with E-state index in [2.05, 4.69) is 26.8 Å². The Balaban J connectivity index is 1.96. The number of phenols is 1. The average molecular weight is 332 g/mol. The van der Waals surface area contributed by atoms with E-state index in [-0.39, 0.29) is 11.5 Å². The van der Waals surface area contributed by atoms with E-state index in [4.69, 9.17) is 4.74 Å². The van der Waals surface area contributed by atoms with Gasteiger partial charge in [-0.1, -0.05) is 19.8 Å². The number of hydrogen-bond donors (Lipinski definition) is 2. The summed E-state index contributed by atoms with van der Waals surface area (Å²) in [5, 5.41) is 21.3. The zero-order chi connectivity index (χ0) is 17.5. The van der Waals surface area contributed by atoms with E-state index in [0.717, 1.165) is 42.6 Å². The highest BCUT2D eigenvalue weighted by Gasteiger charge is 2.49. The van der Waals surface area contributed by atoms with Gasteiger partial charge in [0.1, 0.15) is 17.1 Å². The summed E-state index contributed by atoms with van der Waals surface area (Å²) in [7, 11) is 0. The molecule has 0 bridgehead atoms. The van der Waals surface area contributed by atoms with Crippen LogP contribution >= 0.6 is 0 Å². The Labute approximate surface area is 146 Å². The normalized spacial score (nSPS) is 31.0. The quantitative estimate of drug-likeness (QED) is 0.769. The summed E-state index contributed by atoms with van der Waals surface area (Å²) in [6.07, 6.45) is 6.94. The Morgan fingerprint density at radius 1 is 1.21 bits per heavy atom. The van der Waals surface area contributed by atoms with Crippen LogP contribution in [0.4, 0.5) is 0 Å². The second kappa shape index (κ2) is 6.25. The Hall–Kier alpha value is -1.22. The van der Waals surface area contributed by atoms with Gasteiger partial charge in [0, 0.05) is 17.4 Å². The summed E-state index contributed by atoms with van der Waals surface area (Å²) >= 11 is 0. The molecule has 2 N–H and O–H groups in total. The molecule has 2 aliphatic rings. The van der Waals surface area contributed by atoms with Crippen molar-refractivity contribution in [2.75, 3.05) is 0 Å². The molecule has 1 heterocycles. The summed E-state index contributed by atoms with van der Waals surface area (Å²) in [4.78, 5) is 0. The minimum Gasteiger partial charge on any atom is -0.508 e. The van der Waals surface area contributed by atoms with Gasteiger partial charge in [-0.3, -0.25) is 0 Å². The molecule has 1 aromatic carbocycles. The molecule has 1 fully saturated rings. The molecule has 0 unspecified atom stereocenters. The minimum atomic E-state index is -0.655. The van der Waals surface area contributed by atoms with Gasteiger partial charge >= 0.3 is 0 Å². The molecular formula is C21H32O3. The van der Waals surface area contributed by atoms with Crippen LogP contribution in [-0.2, 0) is 6.42 Å². The zero-order valence-electron chi connectivity index (χ0n) is 15.6. The Morgan fingerprint density at radius 3 is 2.67 bits per heavy atom. The Bertz CT molecular complexity index is 603. The molecule has 3 atom stereocenters. The van der Waals surface area contributed by atoms with Crippen molar-refractivity contribution in [2.45, 2.75) is 89.8 Å². The van der Waals surface area contributed by atoms with Crippen molar-refractivity contribution in [1.29, 1.82) is 0 Å². The largest absolute Gasteiger partial charge is 0.508 e. The summed E-state index contributed by atoms with van der Waals surface area (Å²) in [5.41, 5.74) is 1.15. The number of unbranched alkanes of at least 4 members (excludes halogenated alkanes) is 2. The molecule has 1 saturated carbocycles. The second-order valence-corrected chi connectivity index (χ2v) is 8.64. The second-order valence-electron chi connectivity index (χ2n) is 8.64. The first kappa shape index (κ1) is 17.6. The van der Waals surface area contributed by atoms with Gasteiger partial charge < -0.3 is 14.9 Å². The maximum atomic E-state index is 10.7. The van der Waals surface area contributed by atoms with Gasteiger partial charge in [-0.05, 0) is 70.6 Å². The van der Waals surface area contributed by atoms with Gasteiger partial charge in [0.2, 0.25) is 0 Å². The summed E-state index contributed by atoms with van der Waals surface area (Å²) < 4.78 is 6.34. The smallest absolute Gasteiger partial charge is 0.127 e. The van der Waals surface area contributed by atoms with Crippen molar-refractivity contribution in [2.24, 2.45) is 5.92 Å². The molecule has 0 radical (unpaired) electrons. The Morgan fingerprint density at radius 2 is 1.96 bits per heavy atom. The minimum absolute atomic E-state index is 0.164. The molecule has 0 amide bonds. The van der Waals surface area contributed by atoms with Crippen LogP contribution in [-0.4, -0.2) is 21.4 Å². The highest BCUT2D eigenvalue weighted by molar-refractivity contribution is 5.52. The van der Waals surface area contributed by atoms with Crippen LogP contribution in [0, 0.1) is 5.92 Å². The third kappa shape index (κ3) is 3.28. The number of ether oxygens (including phenoxy) is 1. The van der Waals surface area contributed by atoms with Crippen LogP contribution in [0.2, 0.25) is 0 Å². The van der Waals surface area contributed by atoms with E-state index in [1.165, 1.54) is 12.8 Å². The standard InChI is InChI=1S/C21H32O3/c1-5-6-7-8-14-11-17(22)19-15-13-21(4,23)10-9-16(15)20(2,3)24-18(19)12-14/h11-12,15-16,22-23H,5-10,13H2,1-4H3/t15-,16-,21+/m1/s1. The lowest BCUT2D eigenvalue weighted by Crippen LogP contribution is -2.49. The predicted octanol–water partition coefficient (Wildman–Crippen LogP) is 4.93. The number of hydrogen-bond acceptors (Lipinski definition) is 3. The third-order valence-electron chi connectivity index (χ3n) is 6.03. The van der Waals surface area contributed by atoms with Gasteiger partial charge in [-0.2, -0.15) is 0 Å². The number of fused-ring (bicyclic) bond motifs is 3. The highest BCUT2D eigenvalue weighted by Crippen LogP contribution is 2.56. The topological polar surface area (TPSA) is 49.7 Å². The first-order chi connectivity index (χ1) is 11.2. The zero-order valence-corrected chi connectivity index (χ0v) is 15.6. The van der Waals surface area contributed by atoms with Crippen LogP contribution in [0.15, 0.2) is 12.1 Å². The van der Waals surface area contributed by atoms with E-state index in [0.29, 0.717) is 18.1 Å². The molecule has 1 aromatic rings. The maximum Gasteiger partial charge on any atom is 0.127 e. The molecule has 1 aliphatic carbocycles. The molecule has 24 heavy (non-hydrogen) atoms. The highest BCUT2D eigenvalue weighted by atomic mass is 16.5. The number of rotatable bonds is 4. The van der Waals surface area contributed by atoms with Crippen LogP contribution in [0.1, 0.15) is 83.3 Å². The van der Waals surface area contributed by atoms with Crippen molar-refractivity contribution < 1.29 is 14.9 Å². The predicted molar refractivity (Wildman–Crippen MR) is 96.7 cm³/mol. The van der Waals surface area contributed by atoms with Gasteiger partial charge in [0.25, 0.3) is 0 Å². The molecule has 3 heteroatoms. The lowest BCUT2D eigenvalue weighted by Gasteiger charge is -2.50. The van der Waals surface area contributed by atoms with Crippen molar-refractivity contribution in [3.8, 4) is 11.5 Å². The molecular weight excluding hydrogens is 300 g/mol. The van der Waals surface area contributed by atoms with Gasteiger partial charge in [-0.25, -0.2) is 0 Å². The maximum absolute atomic E-state index is 10.7. The third-order valence-corrected chi connectivity index (χ3v) is 6.03. The summed E-state index contributed by atoms with van der Waals surface area (Å²) in [6, 6.07) is 4.03. The summed E-state index contributed by atoms with van der Waals surface area (Å²) in [5.74, 6) is 1.67. The number of phenolic OH excluding ortho intramolecular Hbond substituents is 1. The van der Waals surface area contributed by atoms with Crippen molar-refractivity contribution in [3.63, 3.8) is 0 Å². The van der Waals surface area contributed by atoms with Crippen LogP contribution in [0.3, 0.4) is 0 Å². The number of aliphatic hydroxyl groups is 1. The van der Waals surface area contributed by atoms with Crippen molar-refractivity contribution in [1.82, 2.24) is 0 Å². The number of benzene rings is 1. The lowest BCUT2D eigenvalue weighted by molar-refractivity contribution is -0.0659. The molecule has 0 spiro atoms. The molecule has 3 nitrogen and oxygen atoms in total. The van der Waals surface area contributed by atoms with E-state index in [1.54, 1.807) is 0 Å². The molecule has 3 rings (SSSR count). The first-order valence-electron chi connectivity index (χ1n) is 9.51. The average Bonchev–Trinajstić information content (AvgIpc) is 2.44. The van der Waals surface area contributed by atoms with Gasteiger partial charge in [0.15, 0.2) is 0 Å². The van der Waals surface area contributed by atoms with E-state index in [9.17, 15) is 10.2 Å². The first-order valence-corrected chi connectivity index (χ1v) is 9.51. The lowest BCUT2D eigenvalue weighted by atomic mass is 9.63. The number of aryl methyl sites for hydroxylation is 1. The van der Waals surface area contributed by atoms with Gasteiger partial charge in [0.05, 0.1) is 5.60 Å². The fraction of sp³-hybridized carbons (Fsp3) is 0.714. The monoisotopic (exact) mass is 332 g/mol. The van der Waals surface area contributed by atoms with E-state index in [1.807, 2.05) is 13.0 Å². The SMILES string of the molecule is CCCCCc1cc(O)c2c(c1)OC(C)(C)[C@@H]1CC[C@](C)(O)C[C@@H]21. The van der Waals surface area contributed by atoms with Crippen LogP contribution < -0.4 is 4.74 Å². The van der Waals surface area contributed by atoms with Crippen LogP contribution in [0.25, 0.3) is 0 Å². The van der Waals surface area contributed by atoms with E-state index >= 15 is 0 Å². The van der Waals surface area contributed by atoms with Crippen LogP contribution in [0.5, 0.6) is 11.5 Å². The fourth-order valence-corrected chi connectivity index (χ4v) is 4.73.